The fourth-order valence-electron chi connectivity index (χ4n) is 1.62. The number of aliphatic hydroxyl groups is 1. The standard InChI is InChI=1S/C14H12ClFO/c1-9-2-4-10(5-3-9)14(17)11-6-7-12(15)13(16)8-11/h2-8,14,17H,1H3/t14-/m1/s1. The lowest BCUT2D eigenvalue weighted by molar-refractivity contribution is 0.220. The van der Waals surface area contributed by atoms with E-state index in [1.165, 1.54) is 12.1 Å². The van der Waals surface area contributed by atoms with Gasteiger partial charge in [0.25, 0.3) is 0 Å². The average molecular weight is 251 g/mol. The molecule has 0 saturated carbocycles. The predicted octanol–water partition coefficient (Wildman–Crippen LogP) is 3.87. The molecule has 0 heterocycles. The lowest BCUT2D eigenvalue weighted by Crippen LogP contribution is -2.00. The van der Waals surface area contributed by atoms with Crippen molar-refractivity contribution in [2.24, 2.45) is 0 Å². The summed E-state index contributed by atoms with van der Waals surface area (Å²) in [5.41, 5.74) is 2.34. The molecule has 0 amide bonds. The van der Waals surface area contributed by atoms with E-state index in [0.29, 0.717) is 5.56 Å². The maximum atomic E-state index is 13.3. The van der Waals surface area contributed by atoms with Gasteiger partial charge in [0.1, 0.15) is 11.9 Å². The molecule has 0 spiro atoms. The van der Waals surface area contributed by atoms with E-state index in [9.17, 15) is 9.50 Å². The van der Waals surface area contributed by atoms with Crippen LogP contribution in [-0.2, 0) is 0 Å². The summed E-state index contributed by atoms with van der Waals surface area (Å²) in [4.78, 5) is 0. The number of hydrogen-bond donors (Lipinski definition) is 1. The Hall–Kier alpha value is -1.38. The van der Waals surface area contributed by atoms with E-state index in [-0.39, 0.29) is 5.02 Å². The molecule has 0 bridgehead atoms. The van der Waals surface area contributed by atoms with Crippen molar-refractivity contribution < 1.29 is 9.50 Å². The van der Waals surface area contributed by atoms with Gasteiger partial charge in [-0.1, -0.05) is 47.5 Å². The lowest BCUT2D eigenvalue weighted by Gasteiger charge is -2.12. The minimum atomic E-state index is -0.831. The highest BCUT2D eigenvalue weighted by Gasteiger charge is 2.12. The molecule has 0 unspecified atom stereocenters. The number of aliphatic hydroxyl groups excluding tert-OH is 1. The van der Waals surface area contributed by atoms with Crippen molar-refractivity contribution in [3.8, 4) is 0 Å². The fraction of sp³-hybridized carbons (Fsp3) is 0.143. The van der Waals surface area contributed by atoms with Crippen molar-refractivity contribution >= 4 is 11.6 Å². The molecule has 2 aromatic rings. The molecule has 88 valence electrons. The smallest absolute Gasteiger partial charge is 0.142 e. The van der Waals surface area contributed by atoms with Gasteiger partial charge >= 0.3 is 0 Å². The zero-order valence-electron chi connectivity index (χ0n) is 9.32. The Labute approximate surface area is 104 Å². The van der Waals surface area contributed by atoms with Crippen LogP contribution in [0, 0.1) is 12.7 Å². The van der Waals surface area contributed by atoms with Gasteiger partial charge in [-0.3, -0.25) is 0 Å². The summed E-state index contributed by atoms with van der Waals surface area (Å²) in [5, 5.41) is 10.1. The Morgan fingerprint density at radius 2 is 1.65 bits per heavy atom. The molecule has 1 N–H and O–H groups in total. The van der Waals surface area contributed by atoms with E-state index in [1.54, 1.807) is 6.07 Å². The molecule has 0 fully saturated rings. The molecule has 0 aliphatic heterocycles. The van der Waals surface area contributed by atoms with E-state index >= 15 is 0 Å². The van der Waals surface area contributed by atoms with Gasteiger partial charge in [0, 0.05) is 0 Å². The second-order valence-corrected chi connectivity index (χ2v) is 4.39. The van der Waals surface area contributed by atoms with Crippen molar-refractivity contribution in [1.82, 2.24) is 0 Å². The molecular formula is C14H12ClFO. The van der Waals surface area contributed by atoms with E-state index in [1.807, 2.05) is 31.2 Å². The summed E-state index contributed by atoms with van der Waals surface area (Å²) in [6.45, 7) is 1.97. The molecule has 17 heavy (non-hydrogen) atoms. The van der Waals surface area contributed by atoms with Gasteiger partial charge in [0.2, 0.25) is 0 Å². The lowest BCUT2D eigenvalue weighted by atomic mass is 10.0. The second-order valence-electron chi connectivity index (χ2n) is 3.99. The molecule has 3 heteroatoms. The van der Waals surface area contributed by atoms with Gasteiger partial charge in [-0.25, -0.2) is 4.39 Å². The average Bonchev–Trinajstić information content (AvgIpc) is 2.33. The number of hydrogen-bond acceptors (Lipinski definition) is 1. The molecular weight excluding hydrogens is 239 g/mol. The highest BCUT2D eigenvalue weighted by molar-refractivity contribution is 6.30. The first-order valence-corrected chi connectivity index (χ1v) is 5.65. The van der Waals surface area contributed by atoms with Gasteiger partial charge in [-0.15, -0.1) is 0 Å². The van der Waals surface area contributed by atoms with Gasteiger partial charge in [0.15, 0.2) is 0 Å². The zero-order chi connectivity index (χ0) is 12.4. The maximum Gasteiger partial charge on any atom is 0.142 e. The SMILES string of the molecule is Cc1ccc([C@@H](O)c2ccc(Cl)c(F)c2)cc1. The summed E-state index contributed by atoms with van der Waals surface area (Å²) in [7, 11) is 0. The predicted molar refractivity (Wildman–Crippen MR) is 66.7 cm³/mol. The number of halogens is 2. The molecule has 0 aromatic heterocycles. The molecule has 1 nitrogen and oxygen atoms in total. The van der Waals surface area contributed by atoms with Crippen LogP contribution >= 0.6 is 11.6 Å². The van der Waals surface area contributed by atoms with Crippen molar-refractivity contribution in [1.29, 1.82) is 0 Å². The third-order valence-corrected chi connectivity index (χ3v) is 2.96. The van der Waals surface area contributed by atoms with Gasteiger partial charge < -0.3 is 5.11 Å². The molecule has 0 aliphatic carbocycles. The van der Waals surface area contributed by atoms with E-state index in [4.69, 9.17) is 11.6 Å². The molecule has 1 atom stereocenters. The number of rotatable bonds is 2. The largest absolute Gasteiger partial charge is 0.384 e. The van der Waals surface area contributed by atoms with E-state index in [2.05, 4.69) is 0 Å². The monoisotopic (exact) mass is 250 g/mol. The van der Waals surface area contributed by atoms with Crippen molar-refractivity contribution in [2.45, 2.75) is 13.0 Å². The quantitative estimate of drug-likeness (QED) is 0.858. The Morgan fingerprint density at radius 3 is 2.24 bits per heavy atom. The van der Waals surface area contributed by atoms with Gasteiger partial charge in [-0.05, 0) is 30.2 Å². The molecule has 0 saturated heterocycles. The van der Waals surface area contributed by atoms with Gasteiger partial charge in [-0.2, -0.15) is 0 Å². The Bertz CT molecular complexity index is 522. The van der Waals surface area contributed by atoms with Crippen molar-refractivity contribution in [2.75, 3.05) is 0 Å². The third-order valence-electron chi connectivity index (χ3n) is 2.65. The van der Waals surface area contributed by atoms with E-state index < -0.39 is 11.9 Å². The van der Waals surface area contributed by atoms with Crippen LogP contribution in [0.5, 0.6) is 0 Å². The van der Waals surface area contributed by atoms with E-state index in [0.717, 1.165) is 11.1 Å². The highest BCUT2D eigenvalue weighted by atomic mass is 35.5. The Kier molecular flexibility index (Phi) is 3.46. The summed E-state index contributed by atoms with van der Waals surface area (Å²) in [6.07, 6.45) is -0.831. The maximum absolute atomic E-state index is 13.3. The third kappa shape index (κ3) is 2.65. The number of aryl methyl sites for hydroxylation is 1. The van der Waals surface area contributed by atoms with Crippen LogP contribution in [0.2, 0.25) is 5.02 Å². The van der Waals surface area contributed by atoms with Crippen LogP contribution in [0.15, 0.2) is 42.5 Å². The van der Waals surface area contributed by atoms with Crippen LogP contribution in [-0.4, -0.2) is 5.11 Å². The summed E-state index contributed by atoms with van der Waals surface area (Å²) < 4.78 is 13.3. The highest BCUT2D eigenvalue weighted by Crippen LogP contribution is 2.25. The first kappa shape index (κ1) is 12.1. The second kappa shape index (κ2) is 4.86. The van der Waals surface area contributed by atoms with Crippen LogP contribution < -0.4 is 0 Å². The summed E-state index contributed by atoms with van der Waals surface area (Å²) >= 11 is 5.60. The first-order chi connectivity index (χ1) is 8.08. The zero-order valence-corrected chi connectivity index (χ0v) is 10.1. The molecule has 2 rings (SSSR count). The normalized spacial score (nSPS) is 12.5. The molecule has 0 radical (unpaired) electrons. The van der Waals surface area contributed by atoms with Crippen LogP contribution in [0.1, 0.15) is 22.8 Å². The number of benzene rings is 2. The Morgan fingerprint density at radius 1 is 1.06 bits per heavy atom. The Balaban J connectivity index is 2.33. The summed E-state index contributed by atoms with van der Waals surface area (Å²) in [5.74, 6) is -0.518. The van der Waals surface area contributed by atoms with Crippen LogP contribution in [0.25, 0.3) is 0 Å². The van der Waals surface area contributed by atoms with Crippen LogP contribution in [0.4, 0.5) is 4.39 Å². The van der Waals surface area contributed by atoms with Crippen molar-refractivity contribution in [3.05, 3.63) is 70.0 Å². The molecule has 2 aromatic carbocycles. The minimum absolute atomic E-state index is 0.0601. The summed E-state index contributed by atoms with van der Waals surface area (Å²) in [6, 6.07) is 11.8. The van der Waals surface area contributed by atoms with Gasteiger partial charge in [0.05, 0.1) is 5.02 Å². The van der Waals surface area contributed by atoms with Crippen LogP contribution in [0.3, 0.4) is 0 Å². The first-order valence-electron chi connectivity index (χ1n) is 5.27. The minimum Gasteiger partial charge on any atom is -0.384 e. The molecule has 0 aliphatic rings. The topological polar surface area (TPSA) is 20.2 Å². The van der Waals surface area contributed by atoms with Crippen molar-refractivity contribution in [3.63, 3.8) is 0 Å². The fourth-order valence-corrected chi connectivity index (χ4v) is 1.74.